The van der Waals surface area contributed by atoms with Crippen LogP contribution in [0.3, 0.4) is 0 Å². The molecule has 0 fully saturated rings. The molecular formula is C46H35N3OSi. The summed E-state index contributed by atoms with van der Waals surface area (Å²) in [4.78, 5) is 14.9. The lowest BCUT2D eigenvalue weighted by atomic mass is 10.0. The number of fused-ring (bicyclic) bond motifs is 1. The number of aromatic nitrogens is 3. The second kappa shape index (κ2) is 13.8. The largest absolute Gasteiger partial charge is 0.457 e. The number of allylic oxidation sites excluding steroid dienone is 4. The lowest BCUT2D eigenvalue weighted by Gasteiger charge is -2.40. The molecule has 0 radical (unpaired) electrons. The third kappa shape index (κ3) is 5.84. The molecule has 0 unspecified atom stereocenters. The molecule has 7 aromatic rings. The molecule has 51 heavy (non-hydrogen) atoms. The summed E-state index contributed by atoms with van der Waals surface area (Å²) in [6.45, 7) is 6.19. The van der Waals surface area contributed by atoms with Gasteiger partial charge in [-0.25, -0.2) is 15.0 Å². The minimum atomic E-state index is -2.77. The Balaban J connectivity index is 1.34. The number of benzene rings is 6. The van der Waals surface area contributed by atoms with Gasteiger partial charge in [0.15, 0.2) is 25.5 Å². The van der Waals surface area contributed by atoms with Gasteiger partial charge in [-0.05, 0) is 45.4 Å². The molecule has 8 rings (SSSR count). The average molecular weight is 674 g/mol. The van der Waals surface area contributed by atoms with Crippen LogP contribution < -0.4 is 20.3 Å². The van der Waals surface area contributed by atoms with Crippen LogP contribution in [0.4, 0.5) is 0 Å². The molecule has 2 heterocycles. The maximum atomic E-state index is 6.97. The van der Waals surface area contributed by atoms with E-state index in [2.05, 4.69) is 117 Å². The number of para-hydroxylation sites is 1. The monoisotopic (exact) mass is 673 g/mol. The van der Waals surface area contributed by atoms with Crippen LogP contribution in [0.15, 0.2) is 200 Å². The molecule has 0 spiro atoms. The summed E-state index contributed by atoms with van der Waals surface area (Å²) in [5.74, 6) is 3.59. The van der Waals surface area contributed by atoms with E-state index in [-0.39, 0.29) is 0 Å². The minimum Gasteiger partial charge on any atom is -0.457 e. The molecule has 0 atom stereocenters. The molecule has 0 saturated heterocycles. The highest BCUT2D eigenvalue weighted by molar-refractivity contribution is 7.16. The fourth-order valence-electron chi connectivity index (χ4n) is 7.11. The quantitative estimate of drug-likeness (QED) is 0.119. The predicted octanol–water partition coefficient (Wildman–Crippen LogP) is 8.96. The Hall–Kier alpha value is -6.43. The Morgan fingerprint density at radius 1 is 0.529 bits per heavy atom. The summed E-state index contributed by atoms with van der Waals surface area (Å²) in [6, 6.07) is 57.0. The molecule has 0 bridgehead atoms. The fourth-order valence-corrected chi connectivity index (χ4v) is 12.1. The van der Waals surface area contributed by atoms with Crippen LogP contribution in [0.2, 0.25) is 0 Å². The molecular weight excluding hydrogens is 639 g/mol. The lowest BCUT2D eigenvalue weighted by molar-refractivity contribution is 0.442. The van der Waals surface area contributed by atoms with E-state index in [1.807, 2.05) is 72.8 Å². The third-order valence-electron chi connectivity index (χ3n) is 9.49. The van der Waals surface area contributed by atoms with Crippen molar-refractivity contribution in [1.82, 2.24) is 15.0 Å². The zero-order valence-corrected chi connectivity index (χ0v) is 29.3. The fraction of sp³-hybridized carbons (Fsp3) is 0.0217. The summed E-state index contributed by atoms with van der Waals surface area (Å²) in [7, 11) is -2.77. The predicted molar refractivity (Wildman–Crippen MR) is 212 cm³/mol. The first kappa shape index (κ1) is 31.8. The van der Waals surface area contributed by atoms with Gasteiger partial charge in [0.05, 0.1) is 0 Å². The van der Waals surface area contributed by atoms with Crippen molar-refractivity contribution < 1.29 is 4.74 Å². The number of rotatable bonds is 8. The summed E-state index contributed by atoms with van der Waals surface area (Å²) in [6.07, 6.45) is 5.80. The Bertz CT molecular complexity index is 2310. The van der Waals surface area contributed by atoms with Gasteiger partial charge in [-0.1, -0.05) is 176 Å². The molecule has 6 aromatic carbocycles. The molecule has 0 N–H and O–H groups in total. The first-order valence-electron chi connectivity index (χ1n) is 17.1. The smallest absolute Gasteiger partial charge is 0.183 e. The van der Waals surface area contributed by atoms with Crippen molar-refractivity contribution in [2.45, 2.75) is 6.92 Å². The highest BCUT2D eigenvalue weighted by Crippen LogP contribution is 2.39. The second-order valence-corrected chi connectivity index (χ2v) is 16.4. The van der Waals surface area contributed by atoms with E-state index >= 15 is 0 Å². The number of hydrogen-bond donors (Lipinski definition) is 0. The Labute approximate surface area is 299 Å². The number of nitrogens with zero attached hydrogens (tertiary/aromatic N) is 3. The van der Waals surface area contributed by atoms with E-state index in [1.54, 1.807) is 6.08 Å². The maximum absolute atomic E-state index is 6.97. The SMILES string of the molecule is C=C/C=C\C1=C(C)[Si](c2ccccc2)(c2ccccc2)c2cccc(-c3cccc(-c4nc(-c5ccccc5)nc(-c5ccccc5)n4)c3)c2O1. The first-order valence-corrected chi connectivity index (χ1v) is 19.1. The lowest BCUT2D eigenvalue weighted by Crippen LogP contribution is -2.70. The van der Waals surface area contributed by atoms with Gasteiger partial charge < -0.3 is 4.74 Å². The van der Waals surface area contributed by atoms with Crippen molar-refractivity contribution >= 4 is 23.6 Å². The first-order chi connectivity index (χ1) is 25.2. The van der Waals surface area contributed by atoms with Crippen molar-refractivity contribution in [2.75, 3.05) is 0 Å². The second-order valence-electron chi connectivity index (χ2n) is 12.5. The Morgan fingerprint density at radius 2 is 1.00 bits per heavy atom. The van der Waals surface area contributed by atoms with Gasteiger partial charge in [0.25, 0.3) is 0 Å². The topological polar surface area (TPSA) is 47.9 Å². The molecule has 0 aliphatic carbocycles. The summed E-state index contributed by atoms with van der Waals surface area (Å²) < 4.78 is 6.97. The van der Waals surface area contributed by atoms with Gasteiger partial charge in [-0.15, -0.1) is 0 Å². The van der Waals surface area contributed by atoms with Crippen LogP contribution in [0, 0.1) is 0 Å². The van der Waals surface area contributed by atoms with Crippen LogP contribution in [-0.4, -0.2) is 23.0 Å². The third-order valence-corrected chi connectivity index (χ3v) is 14.5. The zero-order valence-electron chi connectivity index (χ0n) is 28.3. The van der Waals surface area contributed by atoms with Gasteiger partial charge in [-0.3, -0.25) is 0 Å². The molecule has 244 valence electrons. The van der Waals surface area contributed by atoms with Gasteiger partial charge in [0.2, 0.25) is 0 Å². The van der Waals surface area contributed by atoms with Gasteiger partial charge >= 0.3 is 0 Å². The van der Waals surface area contributed by atoms with Crippen molar-refractivity contribution in [1.29, 1.82) is 0 Å². The zero-order chi connectivity index (χ0) is 34.6. The van der Waals surface area contributed by atoms with E-state index in [9.17, 15) is 0 Å². The molecule has 4 nitrogen and oxygen atoms in total. The van der Waals surface area contributed by atoms with E-state index in [1.165, 1.54) is 20.8 Å². The molecule has 1 aliphatic heterocycles. The average Bonchev–Trinajstić information content (AvgIpc) is 3.21. The van der Waals surface area contributed by atoms with Gasteiger partial charge in [0.1, 0.15) is 11.5 Å². The molecule has 5 heteroatoms. The Morgan fingerprint density at radius 3 is 1.55 bits per heavy atom. The van der Waals surface area contributed by atoms with E-state index in [4.69, 9.17) is 19.7 Å². The van der Waals surface area contributed by atoms with Crippen LogP contribution >= 0.6 is 0 Å². The van der Waals surface area contributed by atoms with Crippen LogP contribution in [0.1, 0.15) is 6.92 Å². The minimum absolute atomic E-state index is 0.609. The van der Waals surface area contributed by atoms with Crippen LogP contribution in [-0.2, 0) is 0 Å². The van der Waals surface area contributed by atoms with Gasteiger partial charge in [0, 0.05) is 22.3 Å². The van der Waals surface area contributed by atoms with E-state index in [0.717, 1.165) is 39.3 Å². The highest BCUT2D eigenvalue weighted by atomic mass is 28.3. The van der Waals surface area contributed by atoms with Crippen molar-refractivity contribution in [3.8, 4) is 51.0 Å². The summed E-state index contributed by atoms with van der Waals surface area (Å²) >= 11 is 0. The number of hydrogen-bond acceptors (Lipinski definition) is 4. The van der Waals surface area contributed by atoms with Crippen molar-refractivity contribution in [2.24, 2.45) is 0 Å². The highest BCUT2D eigenvalue weighted by Gasteiger charge is 2.47. The van der Waals surface area contributed by atoms with Crippen molar-refractivity contribution in [3.63, 3.8) is 0 Å². The summed E-state index contributed by atoms with van der Waals surface area (Å²) in [5.41, 5.74) is 4.79. The normalized spacial score (nSPS) is 13.4. The van der Waals surface area contributed by atoms with Gasteiger partial charge in [-0.2, -0.15) is 0 Å². The van der Waals surface area contributed by atoms with Crippen molar-refractivity contribution in [3.05, 3.63) is 200 Å². The summed E-state index contributed by atoms with van der Waals surface area (Å²) in [5, 5.41) is 5.07. The van der Waals surface area contributed by atoms with Crippen LogP contribution in [0.25, 0.3) is 45.3 Å². The van der Waals surface area contributed by atoms with E-state index in [0.29, 0.717) is 17.5 Å². The molecule has 0 saturated carbocycles. The maximum Gasteiger partial charge on any atom is 0.183 e. The number of ether oxygens (including phenoxy) is 1. The molecule has 1 aromatic heterocycles. The molecule has 1 aliphatic rings. The van der Waals surface area contributed by atoms with Crippen LogP contribution in [0.5, 0.6) is 5.75 Å². The molecule has 0 amide bonds. The Kier molecular flexibility index (Phi) is 8.62. The van der Waals surface area contributed by atoms with E-state index < -0.39 is 8.07 Å². The standard InChI is InChI=1S/C46H35N3OSi/c1-3-4-30-41-33(2)51(38-25-13-7-14-26-38,39-27-15-8-16-28-39)42-31-18-29-40(43(42)50-41)36-23-17-24-37(32-36)46-48-44(34-19-9-5-10-20-34)47-45(49-46)35-21-11-6-12-22-35/h3-32H,1H2,2H3/b30-4-.